The van der Waals surface area contributed by atoms with E-state index < -0.39 is 21.7 Å². The number of carbonyl (C=O) groups is 1. The number of carbonyl (C=O) groups excluding carboxylic acids is 1. The van der Waals surface area contributed by atoms with Gasteiger partial charge in [0.15, 0.2) is 0 Å². The van der Waals surface area contributed by atoms with Crippen LogP contribution in [0.4, 0.5) is 15.8 Å². The van der Waals surface area contributed by atoms with Crippen LogP contribution in [0, 0.1) is 12.7 Å². The first-order valence-electron chi connectivity index (χ1n) is 8.12. The first kappa shape index (κ1) is 18.6. The summed E-state index contributed by atoms with van der Waals surface area (Å²) in [6, 6.07) is 18.4. The molecule has 0 unspecified atom stereocenters. The monoisotopic (exact) mass is 384 g/mol. The Morgan fingerprint density at radius 2 is 1.48 bits per heavy atom. The van der Waals surface area contributed by atoms with Gasteiger partial charge in [0.25, 0.3) is 15.9 Å². The fourth-order valence-electron chi connectivity index (χ4n) is 2.55. The van der Waals surface area contributed by atoms with Crippen LogP contribution in [0.1, 0.15) is 15.9 Å². The average Bonchev–Trinajstić information content (AvgIpc) is 2.66. The summed E-state index contributed by atoms with van der Waals surface area (Å²) < 4.78 is 41.3. The Hall–Kier alpha value is -3.19. The molecule has 27 heavy (non-hydrogen) atoms. The molecule has 138 valence electrons. The van der Waals surface area contributed by atoms with Crippen LogP contribution < -0.4 is 10.0 Å². The molecular formula is C20H17FN2O3S. The first-order chi connectivity index (χ1) is 12.9. The maximum absolute atomic E-state index is 13.7. The third kappa shape index (κ3) is 4.15. The number of sulfonamides is 1. The van der Waals surface area contributed by atoms with E-state index in [4.69, 9.17) is 0 Å². The van der Waals surface area contributed by atoms with Crippen LogP contribution >= 0.6 is 0 Å². The summed E-state index contributed by atoms with van der Waals surface area (Å²) in [6.45, 7) is 1.62. The van der Waals surface area contributed by atoms with Gasteiger partial charge in [-0.2, -0.15) is 0 Å². The van der Waals surface area contributed by atoms with Gasteiger partial charge in [0, 0.05) is 5.56 Å². The van der Waals surface area contributed by atoms with Crippen LogP contribution in [0.3, 0.4) is 0 Å². The van der Waals surface area contributed by atoms with Crippen molar-refractivity contribution in [2.75, 3.05) is 10.0 Å². The van der Waals surface area contributed by atoms with Crippen LogP contribution in [-0.4, -0.2) is 14.3 Å². The van der Waals surface area contributed by atoms with E-state index in [0.29, 0.717) is 5.56 Å². The lowest BCUT2D eigenvalue weighted by molar-refractivity contribution is 0.102. The number of benzene rings is 3. The van der Waals surface area contributed by atoms with Crippen molar-refractivity contribution >= 4 is 27.3 Å². The third-order valence-corrected chi connectivity index (χ3v) is 5.38. The summed E-state index contributed by atoms with van der Waals surface area (Å²) >= 11 is 0. The van der Waals surface area contributed by atoms with Gasteiger partial charge in [-0.15, -0.1) is 0 Å². The van der Waals surface area contributed by atoms with Crippen molar-refractivity contribution in [2.45, 2.75) is 11.8 Å². The highest BCUT2D eigenvalue weighted by Crippen LogP contribution is 2.24. The zero-order valence-corrected chi connectivity index (χ0v) is 15.3. The lowest BCUT2D eigenvalue weighted by Gasteiger charge is -2.14. The number of anilines is 2. The molecular weight excluding hydrogens is 367 g/mol. The average molecular weight is 384 g/mol. The van der Waals surface area contributed by atoms with Gasteiger partial charge >= 0.3 is 0 Å². The molecule has 0 aliphatic carbocycles. The van der Waals surface area contributed by atoms with Crippen LogP contribution in [0.25, 0.3) is 0 Å². The van der Waals surface area contributed by atoms with Gasteiger partial charge in [0.2, 0.25) is 0 Å². The smallest absolute Gasteiger partial charge is 0.261 e. The van der Waals surface area contributed by atoms with Crippen molar-refractivity contribution in [3.05, 3.63) is 89.7 Å². The standard InChI is InChI=1S/C20H17FN2O3S/c1-14-16(20(24)22-19-12-6-5-11-17(19)21)10-7-13-18(14)23-27(25,26)15-8-3-2-4-9-15/h2-13,23H,1H3,(H,22,24). The summed E-state index contributed by atoms with van der Waals surface area (Å²) in [5.74, 6) is -1.08. The molecule has 3 aromatic rings. The zero-order valence-electron chi connectivity index (χ0n) is 14.4. The van der Waals surface area contributed by atoms with Gasteiger partial charge in [0.05, 0.1) is 16.3 Å². The highest BCUT2D eigenvalue weighted by Gasteiger charge is 2.18. The van der Waals surface area contributed by atoms with Crippen LogP contribution in [-0.2, 0) is 10.0 Å². The molecule has 2 N–H and O–H groups in total. The fourth-order valence-corrected chi connectivity index (χ4v) is 3.69. The summed E-state index contributed by atoms with van der Waals surface area (Å²) in [5, 5.41) is 2.50. The number of para-hydroxylation sites is 1. The molecule has 0 saturated heterocycles. The summed E-state index contributed by atoms with van der Waals surface area (Å²) in [6.07, 6.45) is 0. The molecule has 0 aliphatic heterocycles. The maximum Gasteiger partial charge on any atom is 0.261 e. The topological polar surface area (TPSA) is 75.3 Å². The number of hydrogen-bond donors (Lipinski definition) is 2. The Labute approximate surface area is 156 Å². The highest BCUT2D eigenvalue weighted by molar-refractivity contribution is 7.92. The molecule has 3 aromatic carbocycles. The SMILES string of the molecule is Cc1c(NS(=O)(=O)c2ccccc2)cccc1C(=O)Nc1ccccc1F. The normalized spacial score (nSPS) is 11.0. The van der Waals surface area contributed by atoms with Gasteiger partial charge < -0.3 is 5.32 Å². The van der Waals surface area contributed by atoms with Crippen LogP contribution in [0.5, 0.6) is 0 Å². The van der Waals surface area contributed by atoms with Crippen molar-refractivity contribution in [2.24, 2.45) is 0 Å². The first-order valence-corrected chi connectivity index (χ1v) is 9.60. The van der Waals surface area contributed by atoms with E-state index in [1.54, 1.807) is 49.4 Å². The summed E-state index contributed by atoms with van der Waals surface area (Å²) in [5.41, 5.74) is 1.01. The molecule has 5 nitrogen and oxygen atoms in total. The van der Waals surface area contributed by atoms with E-state index in [2.05, 4.69) is 10.0 Å². The van der Waals surface area contributed by atoms with Gasteiger partial charge in [-0.1, -0.05) is 36.4 Å². The Morgan fingerprint density at radius 1 is 0.852 bits per heavy atom. The lowest BCUT2D eigenvalue weighted by atomic mass is 10.1. The molecule has 0 bridgehead atoms. The van der Waals surface area contributed by atoms with E-state index in [-0.39, 0.29) is 21.8 Å². The van der Waals surface area contributed by atoms with Crippen molar-refractivity contribution < 1.29 is 17.6 Å². The van der Waals surface area contributed by atoms with E-state index in [0.717, 1.165) is 0 Å². The van der Waals surface area contributed by atoms with Crippen molar-refractivity contribution in [3.63, 3.8) is 0 Å². The lowest BCUT2D eigenvalue weighted by Crippen LogP contribution is -2.17. The molecule has 0 radical (unpaired) electrons. The van der Waals surface area contributed by atoms with Crippen molar-refractivity contribution in [3.8, 4) is 0 Å². The van der Waals surface area contributed by atoms with Crippen LogP contribution in [0.2, 0.25) is 0 Å². The second kappa shape index (κ2) is 7.59. The predicted octanol–water partition coefficient (Wildman–Crippen LogP) is 4.19. The second-order valence-corrected chi connectivity index (χ2v) is 7.51. The highest BCUT2D eigenvalue weighted by atomic mass is 32.2. The number of hydrogen-bond acceptors (Lipinski definition) is 3. The summed E-state index contributed by atoms with van der Waals surface area (Å²) in [7, 11) is -3.79. The van der Waals surface area contributed by atoms with Crippen molar-refractivity contribution in [1.29, 1.82) is 0 Å². The molecule has 1 amide bonds. The molecule has 0 atom stereocenters. The van der Waals surface area contributed by atoms with Gasteiger partial charge in [-0.25, -0.2) is 12.8 Å². The molecule has 3 rings (SSSR count). The molecule has 0 saturated carbocycles. The predicted molar refractivity (Wildman–Crippen MR) is 103 cm³/mol. The van der Waals surface area contributed by atoms with Crippen molar-refractivity contribution in [1.82, 2.24) is 0 Å². The Balaban J connectivity index is 1.88. The van der Waals surface area contributed by atoms with E-state index in [1.165, 1.54) is 30.3 Å². The Bertz CT molecular complexity index is 1080. The second-order valence-electron chi connectivity index (χ2n) is 5.83. The molecule has 7 heteroatoms. The number of nitrogens with one attached hydrogen (secondary N) is 2. The Kier molecular flexibility index (Phi) is 5.23. The minimum Gasteiger partial charge on any atom is -0.319 e. The van der Waals surface area contributed by atoms with E-state index in [9.17, 15) is 17.6 Å². The fraction of sp³-hybridized carbons (Fsp3) is 0.0500. The minimum absolute atomic E-state index is 0.0529. The minimum atomic E-state index is -3.79. The quantitative estimate of drug-likeness (QED) is 0.693. The van der Waals surface area contributed by atoms with E-state index >= 15 is 0 Å². The summed E-state index contributed by atoms with van der Waals surface area (Å²) in [4.78, 5) is 12.6. The van der Waals surface area contributed by atoms with Gasteiger partial charge in [0.1, 0.15) is 5.82 Å². The maximum atomic E-state index is 13.7. The third-order valence-electron chi connectivity index (χ3n) is 4.00. The largest absolute Gasteiger partial charge is 0.319 e. The van der Waals surface area contributed by atoms with Crippen LogP contribution in [0.15, 0.2) is 77.7 Å². The molecule has 0 heterocycles. The molecule has 0 spiro atoms. The number of rotatable bonds is 5. The molecule has 0 aliphatic rings. The van der Waals surface area contributed by atoms with Gasteiger partial charge in [-0.05, 0) is 48.9 Å². The molecule has 0 fully saturated rings. The van der Waals surface area contributed by atoms with E-state index in [1.807, 2.05) is 0 Å². The Morgan fingerprint density at radius 3 is 2.19 bits per heavy atom. The number of amides is 1. The zero-order chi connectivity index (χ0) is 19.4. The molecule has 0 aromatic heterocycles. The number of halogens is 1. The van der Waals surface area contributed by atoms with Gasteiger partial charge in [-0.3, -0.25) is 9.52 Å².